The minimum Gasteiger partial charge on any atom is -0.394 e. The van der Waals surface area contributed by atoms with Gasteiger partial charge in [-0.05, 0) is 44.3 Å². The number of aliphatic hydroxyl groups excluding tert-OH is 1. The summed E-state index contributed by atoms with van der Waals surface area (Å²) in [7, 11) is 0. The molecular weight excluding hydrogens is 300 g/mol. The first-order chi connectivity index (χ1) is 11.8. The maximum Gasteiger partial charge on any atom is 0.0698 e. The van der Waals surface area contributed by atoms with Crippen LogP contribution >= 0.6 is 0 Å². The van der Waals surface area contributed by atoms with Gasteiger partial charge in [0.15, 0.2) is 0 Å². The molecule has 1 aromatic rings. The number of aryl methyl sites for hydroxylation is 1. The van der Waals surface area contributed by atoms with Crippen molar-refractivity contribution in [2.45, 2.75) is 37.8 Å². The summed E-state index contributed by atoms with van der Waals surface area (Å²) in [5.74, 6) is 1.48. The van der Waals surface area contributed by atoms with Crippen molar-refractivity contribution in [3.8, 4) is 0 Å². The van der Waals surface area contributed by atoms with E-state index in [-0.39, 0.29) is 6.61 Å². The van der Waals surface area contributed by atoms with E-state index >= 15 is 0 Å². The highest BCUT2D eigenvalue weighted by molar-refractivity contribution is 5.29. The minimum absolute atomic E-state index is 0.119. The van der Waals surface area contributed by atoms with Crippen molar-refractivity contribution in [2.75, 3.05) is 46.0 Å². The normalized spacial score (nSPS) is 35.3. The van der Waals surface area contributed by atoms with Crippen LogP contribution in [-0.4, -0.2) is 73.0 Å². The van der Waals surface area contributed by atoms with E-state index in [9.17, 15) is 0 Å². The lowest BCUT2D eigenvalue weighted by molar-refractivity contribution is -0.0153. The highest BCUT2D eigenvalue weighted by Crippen LogP contribution is 2.46. The summed E-state index contributed by atoms with van der Waals surface area (Å²) in [5.41, 5.74) is 2.84. The number of likely N-dealkylation sites (tertiary alicyclic amines) is 1. The lowest BCUT2D eigenvalue weighted by atomic mass is 9.75. The predicted octanol–water partition coefficient (Wildman–Crippen LogP) is 1.87. The van der Waals surface area contributed by atoms with E-state index in [0.717, 1.165) is 25.6 Å². The van der Waals surface area contributed by atoms with Gasteiger partial charge in [-0.15, -0.1) is 0 Å². The molecule has 0 unspecified atom stereocenters. The minimum atomic E-state index is 0.119. The predicted molar refractivity (Wildman–Crippen MR) is 95.3 cm³/mol. The van der Waals surface area contributed by atoms with Gasteiger partial charge in [0.25, 0.3) is 0 Å². The molecule has 0 radical (unpaired) electrons. The molecule has 1 N–H and O–H groups in total. The third kappa shape index (κ3) is 3.01. The largest absolute Gasteiger partial charge is 0.394 e. The fraction of sp³-hybridized carbons (Fsp3) is 0.700. The number of ether oxygens (including phenoxy) is 1. The zero-order valence-corrected chi connectivity index (χ0v) is 14.7. The van der Waals surface area contributed by atoms with Gasteiger partial charge < -0.3 is 9.84 Å². The van der Waals surface area contributed by atoms with Crippen molar-refractivity contribution in [1.29, 1.82) is 0 Å². The smallest absolute Gasteiger partial charge is 0.0698 e. The lowest BCUT2D eigenvalue weighted by Gasteiger charge is -2.51. The molecule has 0 aliphatic carbocycles. The molecular formula is C20H30N2O2. The van der Waals surface area contributed by atoms with Gasteiger partial charge in [0.1, 0.15) is 0 Å². The number of fused-ring (bicyclic) bond motifs is 2. The summed E-state index contributed by atoms with van der Waals surface area (Å²) in [6.07, 6.45) is 2.71. The van der Waals surface area contributed by atoms with Gasteiger partial charge in [-0.25, -0.2) is 0 Å². The summed E-state index contributed by atoms with van der Waals surface area (Å²) in [6, 6.07) is 10.6. The molecule has 4 fully saturated rings. The number of aliphatic hydroxyl groups is 1. The van der Waals surface area contributed by atoms with E-state index in [2.05, 4.69) is 41.0 Å². The highest BCUT2D eigenvalue weighted by atomic mass is 16.5. The van der Waals surface area contributed by atoms with Crippen molar-refractivity contribution in [3.63, 3.8) is 0 Å². The Balaban J connectivity index is 1.53. The lowest BCUT2D eigenvalue weighted by Crippen LogP contribution is -2.60. The molecule has 2 bridgehead atoms. The van der Waals surface area contributed by atoms with E-state index < -0.39 is 0 Å². The van der Waals surface area contributed by atoms with E-state index in [4.69, 9.17) is 9.84 Å². The number of rotatable bonds is 6. The SMILES string of the molecule is Cc1ccc([C@H]2CN(CCOCCO)[C@@H]3C4CCN(CC4)[C@H]23)cc1. The van der Waals surface area contributed by atoms with Crippen molar-refractivity contribution < 1.29 is 9.84 Å². The Bertz CT molecular complexity index is 539. The van der Waals surface area contributed by atoms with E-state index in [1.165, 1.54) is 37.1 Å². The molecule has 0 saturated carbocycles. The van der Waals surface area contributed by atoms with Crippen LogP contribution in [0.15, 0.2) is 24.3 Å². The molecule has 132 valence electrons. The van der Waals surface area contributed by atoms with Crippen LogP contribution in [0.2, 0.25) is 0 Å². The Morgan fingerprint density at radius 1 is 1.08 bits per heavy atom. The standard InChI is InChI=1S/C20H30N2O2/c1-15-2-4-16(5-3-15)18-14-22(10-12-24-13-11-23)19-17-6-8-21(9-7-17)20(18)19/h2-5,17-20,23H,6-14H2,1H3/t18-,19-,20-/m1/s1. The van der Waals surface area contributed by atoms with Gasteiger partial charge in [-0.2, -0.15) is 0 Å². The maximum atomic E-state index is 8.90. The van der Waals surface area contributed by atoms with E-state index in [0.29, 0.717) is 24.6 Å². The fourth-order valence-electron chi connectivity index (χ4n) is 5.25. The first-order valence-electron chi connectivity index (χ1n) is 9.51. The number of hydrogen-bond acceptors (Lipinski definition) is 4. The molecule has 3 atom stereocenters. The molecule has 4 heteroatoms. The monoisotopic (exact) mass is 330 g/mol. The fourth-order valence-corrected chi connectivity index (χ4v) is 5.25. The molecule has 4 saturated heterocycles. The van der Waals surface area contributed by atoms with Crippen molar-refractivity contribution in [1.82, 2.24) is 9.80 Å². The molecule has 4 heterocycles. The van der Waals surface area contributed by atoms with Gasteiger partial charge >= 0.3 is 0 Å². The van der Waals surface area contributed by atoms with Crippen LogP contribution in [0.25, 0.3) is 0 Å². The Morgan fingerprint density at radius 2 is 1.83 bits per heavy atom. The van der Waals surface area contributed by atoms with Gasteiger partial charge in [0.05, 0.1) is 19.8 Å². The number of piperidine rings is 3. The van der Waals surface area contributed by atoms with E-state index in [1.54, 1.807) is 0 Å². The summed E-state index contributed by atoms with van der Waals surface area (Å²) in [6.45, 7) is 8.18. The van der Waals surface area contributed by atoms with Crippen LogP contribution in [0, 0.1) is 12.8 Å². The molecule has 4 nitrogen and oxygen atoms in total. The van der Waals surface area contributed by atoms with Crippen molar-refractivity contribution in [2.24, 2.45) is 5.92 Å². The van der Waals surface area contributed by atoms with Crippen LogP contribution in [0.5, 0.6) is 0 Å². The van der Waals surface area contributed by atoms with Gasteiger partial charge in [-0.1, -0.05) is 29.8 Å². The van der Waals surface area contributed by atoms with Crippen molar-refractivity contribution >= 4 is 0 Å². The zero-order chi connectivity index (χ0) is 16.5. The van der Waals surface area contributed by atoms with Crippen LogP contribution in [0.3, 0.4) is 0 Å². The summed E-state index contributed by atoms with van der Waals surface area (Å²) in [4.78, 5) is 5.44. The quantitative estimate of drug-likeness (QED) is 0.808. The Kier molecular flexibility index (Phi) is 4.90. The van der Waals surface area contributed by atoms with Crippen LogP contribution < -0.4 is 0 Å². The molecule has 24 heavy (non-hydrogen) atoms. The molecule has 1 aromatic carbocycles. The third-order valence-corrected chi connectivity index (χ3v) is 6.36. The van der Waals surface area contributed by atoms with Crippen molar-refractivity contribution in [3.05, 3.63) is 35.4 Å². The Labute approximate surface area is 145 Å². The Hall–Kier alpha value is -0.940. The molecule has 0 aromatic heterocycles. The summed E-state index contributed by atoms with van der Waals surface area (Å²) >= 11 is 0. The second kappa shape index (κ2) is 7.12. The number of hydrogen-bond donors (Lipinski definition) is 1. The average Bonchev–Trinajstić information content (AvgIpc) is 3.02. The first kappa shape index (κ1) is 16.5. The topological polar surface area (TPSA) is 35.9 Å². The average molecular weight is 330 g/mol. The van der Waals surface area contributed by atoms with Crippen LogP contribution in [-0.2, 0) is 4.74 Å². The first-order valence-corrected chi connectivity index (χ1v) is 9.51. The molecule has 4 aliphatic rings. The second-order valence-corrected chi connectivity index (χ2v) is 7.70. The third-order valence-electron chi connectivity index (χ3n) is 6.36. The molecule has 0 spiro atoms. The maximum absolute atomic E-state index is 8.90. The molecule has 0 amide bonds. The van der Waals surface area contributed by atoms with E-state index in [1.807, 2.05) is 0 Å². The summed E-state index contributed by atoms with van der Waals surface area (Å²) in [5, 5.41) is 8.90. The summed E-state index contributed by atoms with van der Waals surface area (Å²) < 4.78 is 5.56. The molecule has 5 rings (SSSR count). The van der Waals surface area contributed by atoms with Gasteiger partial charge in [0.2, 0.25) is 0 Å². The van der Waals surface area contributed by atoms with Gasteiger partial charge in [-0.3, -0.25) is 9.80 Å². The second-order valence-electron chi connectivity index (χ2n) is 7.70. The van der Waals surface area contributed by atoms with Crippen LogP contribution in [0.1, 0.15) is 29.9 Å². The highest BCUT2D eigenvalue weighted by Gasteiger charge is 2.52. The van der Waals surface area contributed by atoms with Crippen LogP contribution in [0.4, 0.5) is 0 Å². The van der Waals surface area contributed by atoms with Gasteiger partial charge in [0, 0.05) is 31.1 Å². The molecule has 4 aliphatic heterocycles. The number of nitrogens with zero attached hydrogens (tertiary/aromatic N) is 2. The number of benzene rings is 1. The Morgan fingerprint density at radius 3 is 2.54 bits per heavy atom. The zero-order valence-electron chi connectivity index (χ0n) is 14.7.